The van der Waals surface area contributed by atoms with E-state index in [1.807, 2.05) is 13.8 Å². The lowest BCUT2D eigenvalue weighted by atomic mass is 10.0. The zero-order valence-electron chi connectivity index (χ0n) is 10.7. The fraction of sp³-hybridized carbons (Fsp3) is 0.429. The van der Waals surface area contributed by atoms with E-state index >= 15 is 0 Å². The molecule has 1 N–H and O–H groups in total. The molecule has 0 saturated heterocycles. The Bertz CT molecular complexity index is 424. The van der Waals surface area contributed by atoms with E-state index in [1.165, 1.54) is 0 Å². The molecule has 0 amide bonds. The Morgan fingerprint density at radius 1 is 1.17 bits per heavy atom. The molecule has 0 atom stereocenters. The van der Waals surface area contributed by atoms with Crippen molar-refractivity contribution in [2.45, 2.75) is 26.7 Å². The summed E-state index contributed by atoms with van der Waals surface area (Å²) in [5.41, 5.74) is 1.38. The van der Waals surface area contributed by atoms with Crippen molar-refractivity contribution >= 4 is 11.9 Å². The van der Waals surface area contributed by atoms with Gasteiger partial charge in [-0.2, -0.15) is 0 Å². The molecule has 1 rings (SSSR count). The van der Waals surface area contributed by atoms with Crippen LogP contribution in [0.1, 0.15) is 25.0 Å². The number of esters is 1. The van der Waals surface area contributed by atoms with Gasteiger partial charge in [-0.25, -0.2) is 0 Å². The second-order valence-corrected chi connectivity index (χ2v) is 4.59. The van der Waals surface area contributed by atoms with Gasteiger partial charge >= 0.3 is 11.9 Å². The number of hydrogen-bond donors (Lipinski definition) is 1. The molecule has 1 aromatic rings. The number of carbonyl (C=O) groups excluding carboxylic acids is 1. The van der Waals surface area contributed by atoms with Crippen molar-refractivity contribution in [3.63, 3.8) is 0 Å². The third kappa shape index (κ3) is 4.99. The molecule has 18 heavy (non-hydrogen) atoms. The highest BCUT2D eigenvalue weighted by Crippen LogP contribution is 2.11. The van der Waals surface area contributed by atoms with E-state index in [9.17, 15) is 9.59 Å². The first-order chi connectivity index (χ1) is 8.49. The lowest BCUT2D eigenvalue weighted by Crippen LogP contribution is -2.14. The second kappa shape index (κ2) is 6.79. The lowest BCUT2D eigenvalue weighted by molar-refractivity contribution is -0.144. The maximum Gasteiger partial charge on any atom is 0.310 e. The Morgan fingerprint density at radius 3 is 2.22 bits per heavy atom. The average Bonchev–Trinajstić information content (AvgIpc) is 2.28. The van der Waals surface area contributed by atoms with Crippen molar-refractivity contribution in [1.82, 2.24) is 0 Å². The van der Waals surface area contributed by atoms with Gasteiger partial charge in [0.05, 0.1) is 19.4 Å². The molecule has 4 heteroatoms. The van der Waals surface area contributed by atoms with Gasteiger partial charge in [-0.15, -0.1) is 0 Å². The van der Waals surface area contributed by atoms with Crippen LogP contribution in [0.25, 0.3) is 0 Å². The predicted molar refractivity (Wildman–Crippen MR) is 67.3 cm³/mol. The molecule has 0 saturated carbocycles. The van der Waals surface area contributed by atoms with Gasteiger partial charge in [0.15, 0.2) is 0 Å². The van der Waals surface area contributed by atoms with Crippen LogP contribution in [0, 0.1) is 5.92 Å². The van der Waals surface area contributed by atoms with E-state index < -0.39 is 5.97 Å². The number of carbonyl (C=O) groups is 2. The smallest absolute Gasteiger partial charge is 0.310 e. The molecular weight excluding hydrogens is 232 g/mol. The summed E-state index contributed by atoms with van der Waals surface area (Å²) < 4.78 is 5.08. The first-order valence-corrected chi connectivity index (χ1v) is 5.93. The number of ether oxygens (including phenoxy) is 1. The van der Waals surface area contributed by atoms with Crippen LogP contribution in [0.5, 0.6) is 0 Å². The Labute approximate surface area is 107 Å². The molecular formula is C14H18O4. The Balaban J connectivity index is 2.65. The Kier molecular flexibility index (Phi) is 5.36. The van der Waals surface area contributed by atoms with E-state index in [0.29, 0.717) is 23.7 Å². The molecule has 0 radical (unpaired) electrons. The fourth-order valence-electron chi connectivity index (χ4n) is 1.53. The first kappa shape index (κ1) is 14.2. The van der Waals surface area contributed by atoms with Crippen LogP contribution in [0.15, 0.2) is 24.3 Å². The lowest BCUT2D eigenvalue weighted by Gasteiger charge is -2.09. The summed E-state index contributed by atoms with van der Waals surface area (Å²) in [4.78, 5) is 22.3. The summed E-state index contributed by atoms with van der Waals surface area (Å²) in [6.45, 7) is 4.32. The SMILES string of the molecule is CC(C)COC(=O)Cc1ccccc1CC(=O)O. The molecule has 0 fully saturated rings. The maximum atomic E-state index is 11.6. The Morgan fingerprint density at radius 2 is 1.72 bits per heavy atom. The molecule has 0 spiro atoms. The van der Waals surface area contributed by atoms with Crippen LogP contribution < -0.4 is 0 Å². The largest absolute Gasteiger partial charge is 0.481 e. The fourth-order valence-corrected chi connectivity index (χ4v) is 1.53. The minimum absolute atomic E-state index is 0.0758. The quantitative estimate of drug-likeness (QED) is 0.785. The van der Waals surface area contributed by atoms with Crippen LogP contribution in [0.2, 0.25) is 0 Å². The molecule has 4 nitrogen and oxygen atoms in total. The van der Waals surface area contributed by atoms with Gasteiger partial charge < -0.3 is 9.84 Å². The van der Waals surface area contributed by atoms with Gasteiger partial charge in [-0.05, 0) is 17.0 Å². The van der Waals surface area contributed by atoms with Crippen LogP contribution in [-0.4, -0.2) is 23.7 Å². The summed E-state index contributed by atoms with van der Waals surface area (Å²) >= 11 is 0. The summed E-state index contributed by atoms with van der Waals surface area (Å²) in [7, 11) is 0. The van der Waals surface area contributed by atoms with E-state index in [4.69, 9.17) is 9.84 Å². The third-order valence-corrected chi connectivity index (χ3v) is 2.37. The van der Waals surface area contributed by atoms with Gasteiger partial charge in [0, 0.05) is 0 Å². The minimum atomic E-state index is -0.905. The average molecular weight is 250 g/mol. The number of hydrogen-bond acceptors (Lipinski definition) is 3. The van der Waals surface area contributed by atoms with Crippen LogP contribution in [-0.2, 0) is 27.2 Å². The van der Waals surface area contributed by atoms with Gasteiger partial charge in [0.2, 0.25) is 0 Å². The topological polar surface area (TPSA) is 63.6 Å². The van der Waals surface area contributed by atoms with Crippen molar-refractivity contribution in [3.05, 3.63) is 35.4 Å². The van der Waals surface area contributed by atoms with E-state index in [-0.39, 0.29) is 18.8 Å². The van der Waals surface area contributed by atoms with Crippen LogP contribution >= 0.6 is 0 Å². The van der Waals surface area contributed by atoms with Crippen molar-refractivity contribution in [2.75, 3.05) is 6.61 Å². The van der Waals surface area contributed by atoms with Crippen LogP contribution in [0.3, 0.4) is 0 Å². The summed E-state index contributed by atoms with van der Waals surface area (Å²) in [6.07, 6.45) is 0.0454. The summed E-state index contributed by atoms with van der Waals surface area (Å²) in [6, 6.07) is 7.03. The van der Waals surface area contributed by atoms with Crippen molar-refractivity contribution < 1.29 is 19.4 Å². The molecule has 0 aromatic heterocycles. The molecule has 0 aliphatic heterocycles. The maximum absolute atomic E-state index is 11.6. The van der Waals surface area contributed by atoms with Crippen molar-refractivity contribution in [1.29, 1.82) is 0 Å². The zero-order chi connectivity index (χ0) is 13.5. The monoisotopic (exact) mass is 250 g/mol. The molecule has 0 unspecified atom stereocenters. The summed E-state index contributed by atoms with van der Waals surface area (Å²) in [5.74, 6) is -0.928. The van der Waals surface area contributed by atoms with Crippen molar-refractivity contribution in [2.24, 2.45) is 5.92 Å². The minimum Gasteiger partial charge on any atom is -0.481 e. The van der Waals surface area contributed by atoms with Crippen molar-refractivity contribution in [3.8, 4) is 0 Å². The van der Waals surface area contributed by atoms with E-state index in [0.717, 1.165) is 0 Å². The van der Waals surface area contributed by atoms with Crippen LogP contribution in [0.4, 0.5) is 0 Å². The molecule has 0 aliphatic carbocycles. The number of carboxylic acids is 1. The third-order valence-electron chi connectivity index (χ3n) is 2.37. The van der Waals surface area contributed by atoms with Gasteiger partial charge in [-0.1, -0.05) is 38.1 Å². The highest BCUT2D eigenvalue weighted by molar-refractivity contribution is 5.75. The van der Waals surface area contributed by atoms with Gasteiger partial charge in [0.1, 0.15) is 0 Å². The predicted octanol–water partition coefficient (Wildman–Crippen LogP) is 2.06. The highest BCUT2D eigenvalue weighted by Gasteiger charge is 2.11. The number of benzene rings is 1. The molecule has 1 aromatic carbocycles. The number of aliphatic carboxylic acids is 1. The number of carboxylic acid groups (broad SMARTS) is 1. The summed E-state index contributed by atoms with van der Waals surface area (Å²) in [5, 5.41) is 8.79. The first-order valence-electron chi connectivity index (χ1n) is 5.93. The molecule has 0 bridgehead atoms. The van der Waals surface area contributed by atoms with E-state index in [2.05, 4.69) is 0 Å². The highest BCUT2D eigenvalue weighted by atomic mass is 16.5. The number of rotatable bonds is 6. The second-order valence-electron chi connectivity index (χ2n) is 4.59. The molecule has 0 aliphatic rings. The Hall–Kier alpha value is -1.84. The molecule has 0 heterocycles. The van der Waals surface area contributed by atoms with Gasteiger partial charge in [-0.3, -0.25) is 9.59 Å². The molecule has 98 valence electrons. The zero-order valence-corrected chi connectivity index (χ0v) is 10.7. The van der Waals surface area contributed by atoms with E-state index in [1.54, 1.807) is 24.3 Å². The van der Waals surface area contributed by atoms with Gasteiger partial charge in [0.25, 0.3) is 0 Å². The standard InChI is InChI=1S/C14H18O4/c1-10(2)9-18-14(17)8-12-6-4-3-5-11(12)7-13(15)16/h3-6,10H,7-9H2,1-2H3,(H,15,16). The normalized spacial score (nSPS) is 10.4.